The van der Waals surface area contributed by atoms with E-state index < -0.39 is 59.8 Å². The maximum atomic E-state index is 13.6. The molecule has 2 heterocycles. The van der Waals surface area contributed by atoms with Crippen molar-refractivity contribution >= 4 is 17.9 Å². The molecule has 224 valence electrons. The van der Waals surface area contributed by atoms with Gasteiger partial charge in [0.25, 0.3) is 5.56 Å². The van der Waals surface area contributed by atoms with Crippen LogP contribution in [0, 0.1) is 0 Å². The number of aromatic amines is 1. The molecule has 2 unspecified atom stereocenters. The number of carbonyl (C=O) groups is 3. The molecule has 1 aliphatic rings. The van der Waals surface area contributed by atoms with Crippen molar-refractivity contribution in [3.05, 3.63) is 153 Å². The third kappa shape index (κ3) is 6.27. The summed E-state index contributed by atoms with van der Waals surface area (Å²) in [5.41, 5.74) is -2.81. The van der Waals surface area contributed by atoms with Crippen molar-refractivity contribution < 1.29 is 33.3 Å². The van der Waals surface area contributed by atoms with Crippen LogP contribution in [0.25, 0.3) is 0 Å². The average molecular weight is 597 g/mol. The summed E-state index contributed by atoms with van der Waals surface area (Å²) in [7, 11) is 0. The van der Waals surface area contributed by atoms with Gasteiger partial charge >= 0.3 is 23.6 Å². The number of benzene rings is 3. The van der Waals surface area contributed by atoms with E-state index >= 15 is 0 Å². The largest absolute Gasteiger partial charge is 0.459 e. The highest BCUT2D eigenvalue weighted by Gasteiger charge is 2.63. The minimum atomic E-state index is -1.91. The molecule has 3 aromatic carbocycles. The summed E-state index contributed by atoms with van der Waals surface area (Å²) in [6, 6.07) is 25.5. The number of aromatic nitrogens is 2. The van der Waals surface area contributed by atoms with E-state index in [4.69, 9.17) is 18.9 Å². The zero-order valence-electron chi connectivity index (χ0n) is 23.4. The molecule has 0 bridgehead atoms. The summed E-state index contributed by atoms with van der Waals surface area (Å²) in [6.45, 7) is 3.36. The Morgan fingerprint density at radius 3 is 1.91 bits per heavy atom. The second kappa shape index (κ2) is 13.2. The molecule has 1 aromatic heterocycles. The van der Waals surface area contributed by atoms with Crippen LogP contribution >= 0.6 is 0 Å². The van der Waals surface area contributed by atoms with Gasteiger partial charge in [-0.3, -0.25) is 14.3 Å². The van der Waals surface area contributed by atoms with E-state index in [1.807, 2.05) is 0 Å². The van der Waals surface area contributed by atoms with Crippen molar-refractivity contribution in [3.63, 3.8) is 0 Å². The van der Waals surface area contributed by atoms with Gasteiger partial charge in [-0.05, 0) is 36.4 Å². The molecule has 1 fully saturated rings. The lowest BCUT2D eigenvalue weighted by atomic mass is 9.89. The van der Waals surface area contributed by atoms with Crippen LogP contribution in [0.1, 0.15) is 43.7 Å². The van der Waals surface area contributed by atoms with E-state index in [-0.39, 0.29) is 23.1 Å². The second-order valence-electron chi connectivity index (χ2n) is 9.90. The van der Waals surface area contributed by atoms with Gasteiger partial charge in [0.15, 0.2) is 17.9 Å². The number of carbonyl (C=O) groups excluding carboxylic acids is 3. The third-order valence-electron chi connectivity index (χ3n) is 7.03. The van der Waals surface area contributed by atoms with Gasteiger partial charge in [0.05, 0.1) is 16.7 Å². The number of nitrogens with one attached hydrogen (secondary N) is 1. The van der Waals surface area contributed by atoms with E-state index in [0.29, 0.717) is 0 Å². The highest BCUT2D eigenvalue weighted by atomic mass is 16.7. The molecule has 0 amide bonds. The Kier molecular flexibility index (Phi) is 8.96. The zero-order valence-corrected chi connectivity index (χ0v) is 23.4. The molecular weight excluding hydrogens is 568 g/mol. The van der Waals surface area contributed by atoms with Crippen molar-refractivity contribution in [3.8, 4) is 0 Å². The number of hydrogen-bond acceptors (Lipinski definition) is 9. The van der Waals surface area contributed by atoms with Gasteiger partial charge in [0.2, 0.25) is 0 Å². The van der Waals surface area contributed by atoms with Crippen LogP contribution in [0.3, 0.4) is 0 Å². The first-order chi connectivity index (χ1) is 21.3. The fraction of sp³-hybridized carbons (Fsp3) is 0.182. The number of hydrogen-bond donors (Lipinski definition) is 1. The van der Waals surface area contributed by atoms with Crippen LogP contribution in [-0.2, 0) is 18.9 Å². The Bertz CT molecular complexity index is 1750. The Labute approximate surface area is 251 Å². The van der Waals surface area contributed by atoms with Crippen LogP contribution < -0.4 is 11.2 Å². The van der Waals surface area contributed by atoms with Crippen LogP contribution in [0.15, 0.2) is 126 Å². The summed E-state index contributed by atoms with van der Waals surface area (Å²) in [5, 5.41) is 0. The zero-order chi connectivity index (χ0) is 31.1. The standard InChI is InChI=1S/C33H28N2O9/c1-2-19-33(44-30(39)24-16-10-5-11-17-24)27(43-29(38)23-14-8-4-9-15-23)25(21-41-28(37)22-12-6-3-7-13-22)42-31(33)35-20-18-26(36)34-32(35)40/h2-18,20,25,27,31H,1,19,21H2,(H,34,36,40)/t25?,27-,31?,33-/m1/s1. The summed E-state index contributed by atoms with van der Waals surface area (Å²) < 4.78 is 25.0. The molecule has 11 heteroatoms. The number of esters is 3. The van der Waals surface area contributed by atoms with E-state index in [9.17, 15) is 24.0 Å². The minimum absolute atomic E-state index is 0.169. The van der Waals surface area contributed by atoms with Gasteiger partial charge in [0.1, 0.15) is 12.7 Å². The molecule has 1 aliphatic heterocycles. The normalized spacial score (nSPS) is 20.8. The van der Waals surface area contributed by atoms with Crippen LogP contribution in [0.4, 0.5) is 0 Å². The van der Waals surface area contributed by atoms with Crippen molar-refractivity contribution in [1.29, 1.82) is 0 Å². The molecular formula is C33H28N2O9. The molecule has 5 rings (SSSR count). The van der Waals surface area contributed by atoms with Crippen molar-refractivity contribution in [2.24, 2.45) is 0 Å². The van der Waals surface area contributed by atoms with E-state index in [1.165, 1.54) is 36.5 Å². The maximum absolute atomic E-state index is 13.6. The van der Waals surface area contributed by atoms with Crippen molar-refractivity contribution in [1.82, 2.24) is 9.55 Å². The summed E-state index contributed by atoms with van der Waals surface area (Å²) in [5.74, 6) is -2.26. The fourth-order valence-electron chi connectivity index (χ4n) is 4.99. The van der Waals surface area contributed by atoms with E-state index in [1.54, 1.807) is 66.7 Å². The molecule has 0 saturated carbocycles. The lowest BCUT2D eigenvalue weighted by molar-refractivity contribution is -0.120. The fourth-order valence-corrected chi connectivity index (χ4v) is 4.99. The Morgan fingerprint density at radius 2 is 1.36 bits per heavy atom. The first-order valence-corrected chi connectivity index (χ1v) is 13.7. The molecule has 0 radical (unpaired) electrons. The molecule has 4 atom stereocenters. The number of nitrogens with zero attached hydrogens (tertiary/aromatic N) is 1. The topological polar surface area (TPSA) is 143 Å². The van der Waals surface area contributed by atoms with Crippen molar-refractivity contribution in [2.45, 2.75) is 30.5 Å². The highest BCUT2D eigenvalue weighted by Crippen LogP contribution is 2.46. The molecule has 1 N–H and O–H groups in total. The predicted octanol–water partition coefficient (Wildman–Crippen LogP) is 3.69. The van der Waals surface area contributed by atoms with Crippen LogP contribution in [-0.4, -0.2) is 51.9 Å². The second-order valence-corrected chi connectivity index (χ2v) is 9.90. The maximum Gasteiger partial charge on any atom is 0.338 e. The predicted molar refractivity (Wildman–Crippen MR) is 157 cm³/mol. The Morgan fingerprint density at radius 1 is 0.818 bits per heavy atom. The third-order valence-corrected chi connectivity index (χ3v) is 7.03. The van der Waals surface area contributed by atoms with Crippen LogP contribution in [0.2, 0.25) is 0 Å². The lowest BCUT2D eigenvalue weighted by Gasteiger charge is -2.37. The van der Waals surface area contributed by atoms with Gasteiger partial charge in [-0.25, -0.2) is 19.2 Å². The lowest BCUT2D eigenvalue weighted by Crippen LogP contribution is -2.53. The Balaban J connectivity index is 1.61. The van der Waals surface area contributed by atoms with E-state index in [0.717, 1.165) is 10.6 Å². The minimum Gasteiger partial charge on any atom is -0.459 e. The molecule has 11 nitrogen and oxygen atoms in total. The molecule has 44 heavy (non-hydrogen) atoms. The Hall–Kier alpha value is -5.55. The summed E-state index contributed by atoms with van der Waals surface area (Å²) in [6.07, 6.45) is -1.68. The molecule has 4 aromatic rings. The first kappa shape index (κ1) is 29.9. The van der Waals surface area contributed by atoms with Gasteiger partial charge < -0.3 is 18.9 Å². The smallest absolute Gasteiger partial charge is 0.338 e. The van der Waals surface area contributed by atoms with Crippen molar-refractivity contribution in [2.75, 3.05) is 6.61 Å². The monoisotopic (exact) mass is 596 g/mol. The highest BCUT2D eigenvalue weighted by molar-refractivity contribution is 5.91. The van der Waals surface area contributed by atoms with Gasteiger partial charge in [-0.1, -0.05) is 60.7 Å². The number of rotatable bonds is 10. The average Bonchev–Trinajstić information content (AvgIpc) is 3.32. The molecule has 0 spiro atoms. The SMILES string of the molecule is C=CC[C@]1(OC(=O)c2ccccc2)C(n2ccc(=O)[nH]c2=O)OC(COC(=O)c2ccccc2)[C@H]1OC(=O)c1ccccc1. The quantitative estimate of drug-likeness (QED) is 0.165. The first-order valence-electron chi connectivity index (χ1n) is 13.7. The van der Waals surface area contributed by atoms with E-state index in [2.05, 4.69) is 11.6 Å². The summed E-state index contributed by atoms with van der Waals surface area (Å²) in [4.78, 5) is 67.0. The number of ether oxygens (including phenoxy) is 4. The molecule has 0 aliphatic carbocycles. The number of H-pyrrole nitrogens is 1. The van der Waals surface area contributed by atoms with Gasteiger partial charge in [-0.2, -0.15) is 0 Å². The van der Waals surface area contributed by atoms with Gasteiger partial charge in [0, 0.05) is 18.7 Å². The van der Waals surface area contributed by atoms with Gasteiger partial charge in [-0.15, -0.1) is 6.58 Å². The molecule has 1 saturated heterocycles. The van der Waals surface area contributed by atoms with Crippen LogP contribution in [0.5, 0.6) is 0 Å². The summed E-state index contributed by atoms with van der Waals surface area (Å²) >= 11 is 0.